The Morgan fingerprint density at radius 1 is 1.26 bits per heavy atom. The van der Waals surface area contributed by atoms with Crippen molar-refractivity contribution in [1.82, 2.24) is 19.9 Å². The van der Waals surface area contributed by atoms with Gasteiger partial charge in [-0.1, -0.05) is 6.07 Å². The van der Waals surface area contributed by atoms with Gasteiger partial charge in [0.2, 0.25) is 0 Å². The van der Waals surface area contributed by atoms with Crippen molar-refractivity contribution < 1.29 is 0 Å². The van der Waals surface area contributed by atoms with E-state index in [1.807, 2.05) is 25.1 Å². The minimum atomic E-state index is 0.310. The van der Waals surface area contributed by atoms with Crippen LogP contribution in [0.3, 0.4) is 0 Å². The Morgan fingerprint density at radius 3 is 2.89 bits per heavy atom. The average molecular weight is 267 g/mol. The Morgan fingerprint density at radius 2 is 2.16 bits per heavy atom. The summed E-state index contributed by atoms with van der Waals surface area (Å²) in [5.74, 6) is 0. The fourth-order valence-corrected chi connectivity index (χ4v) is 2.39. The minimum absolute atomic E-state index is 0.310. The second-order valence-electron chi connectivity index (χ2n) is 4.02. The molecule has 1 N–H and O–H groups in total. The van der Waals surface area contributed by atoms with Crippen molar-refractivity contribution in [1.29, 1.82) is 5.26 Å². The predicted octanol–water partition coefficient (Wildman–Crippen LogP) is 2.68. The number of nitrogens with zero attached hydrogens (tertiary/aromatic N) is 4. The van der Waals surface area contributed by atoms with E-state index in [1.54, 1.807) is 6.20 Å². The molecule has 0 aliphatic heterocycles. The minimum Gasteiger partial charge on any atom is -0.333 e. The molecule has 0 radical (unpaired) electrons. The fraction of sp³-hybridized carbons (Fsp3) is 0.0769. The Hall–Kier alpha value is -2.39. The lowest BCUT2D eigenvalue weighted by Gasteiger charge is -1.95. The quantitative estimate of drug-likeness (QED) is 0.772. The van der Waals surface area contributed by atoms with Gasteiger partial charge in [-0.25, -0.2) is 15.0 Å². The second kappa shape index (κ2) is 4.71. The van der Waals surface area contributed by atoms with Crippen LogP contribution in [0.15, 0.2) is 40.8 Å². The predicted molar refractivity (Wildman–Crippen MR) is 71.7 cm³/mol. The molecule has 92 valence electrons. The number of aryl methyl sites for hydroxylation is 1. The summed E-state index contributed by atoms with van der Waals surface area (Å²) < 4.78 is 0. The van der Waals surface area contributed by atoms with Crippen LogP contribution >= 0.6 is 11.8 Å². The van der Waals surface area contributed by atoms with Crippen LogP contribution in [0.1, 0.15) is 11.3 Å². The lowest BCUT2D eigenvalue weighted by atomic mass is 10.2. The second-order valence-corrected chi connectivity index (χ2v) is 5.03. The monoisotopic (exact) mass is 267 g/mol. The zero-order chi connectivity index (χ0) is 13.2. The lowest BCUT2D eigenvalue weighted by Crippen LogP contribution is -1.87. The summed E-state index contributed by atoms with van der Waals surface area (Å²) >= 11 is 1.39. The topological polar surface area (TPSA) is 78.2 Å². The first-order valence-electron chi connectivity index (χ1n) is 5.61. The summed E-state index contributed by atoms with van der Waals surface area (Å²) in [7, 11) is 0. The number of benzene rings is 1. The maximum atomic E-state index is 8.66. The van der Waals surface area contributed by atoms with Gasteiger partial charge in [-0.3, -0.25) is 0 Å². The highest BCUT2D eigenvalue weighted by molar-refractivity contribution is 7.99. The summed E-state index contributed by atoms with van der Waals surface area (Å²) in [4.78, 5) is 15.8. The van der Waals surface area contributed by atoms with Crippen LogP contribution in [-0.4, -0.2) is 19.9 Å². The fourth-order valence-electron chi connectivity index (χ4n) is 1.67. The van der Waals surface area contributed by atoms with Crippen LogP contribution in [0, 0.1) is 18.3 Å². The Labute approximate surface area is 113 Å². The van der Waals surface area contributed by atoms with E-state index in [-0.39, 0.29) is 0 Å². The van der Waals surface area contributed by atoms with E-state index < -0.39 is 0 Å². The third-order valence-corrected chi connectivity index (χ3v) is 3.37. The summed E-state index contributed by atoms with van der Waals surface area (Å²) in [6.45, 7) is 2.04. The summed E-state index contributed by atoms with van der Waals surface area (Å²) in [5, 5.41) is 10.1. The number of aromatic nitrogens is 4. The smallest absolute Gasteiger partial charge is 0.172 e. The molecule has 3 rings (SSSR count). The van der Waals surface area contributed by atoms with Crippen LogP contribution in [0.4, 0.5) is 0 Å². The molecule has 2 aromatic heterocycles. The molecule has 0 atom stereocenters. The van der Waals surface area contributed by atoms with Gasteiger partial charge in [0.15, 0.2) is 10.9 Å². The maximum Gasteiger partial charge on any atom is 0.172 e. The van der Waals surface area contributed by atoms with Crippen molar-refractivity contribution in [3.63, 3.8) is 0 Å². The molecule has 0 bridgehead atoms. The van der Waals surface area contributed by atoms with E-state index in [1.165, 1.54) is 23.5 Å². The number of nitrogens with one attached hydrogen (secondary N) is 1. The van der Waals surface area contributed by atoms with Gasteiger partial charge < -0.3 is 4.98 Å². The number of nitriles is 1. The van der Waals surface area contributed by atoms with E-state index in [9.17, 15) is 0 Å². The first-order chi connectivity index (χ1) is 9.24. The molecule has 0 aliphatic carbocycles. The first-order valence-corrected chi connectivity index (χ1v) is 6.42. The van der Waals surface area contributed by atoms with Gasteiger partial charge in [0.25, 0.3) is 0 Å². The molecule has 6 heteroatoms. The van der Waals surface area contributed by atoms with Crippen LogP contribution in [0.2, 0.25) is 0 Å². The number of rotatable bonds is 2. The van der Waals surface area contributed by atoms with Gasteiger partial charge in [0.1, 0.15) is 11.1 Å². The molecule has 2 heterocycles. The van der Waals surface area contributed by atoms with Crippen molar-refractivity contribution in [2.45, 2.75) is 17.1 Å². The molecule has 0 aliphatic rings. The van der Waals surface area contributed by atoms with E-state index in [0.717, 1.165) is 16.2 Å². The van der Waals surface area contributed by atoms with Gasteiger partial charge in [-0.05, 0) is 36.4 Å². The van der Waals surface area contributed by atoms with Crippen molar-refractivity contribution in [3.05, 3.63) is 41.9 Å². The highest BCUT2D eigenvalue weighted by atomic mass is 32.2. The number of fused-ring (bicyclic) bond motifs is 1. The van der Waals surface area contributed by atoms with Gasteiger partial charge in [-0.15, -0.1) is 0 Å². The zero-order valence-electron chi connectivity index (χ0n) is 10.1. The molecule has 1 aromatic carbocycles. The van der Waals surface area contributed by atoms with Crippen LogP contribution in [-0.2, 0) is 0 Å². The summed E-state index contributed by atoms with van der Waals surface area (Å²) in [6.07, 6.45) is 3.02. The first kappa shape index (κ1) is 11.7. The third-order valence-electron chi connectivity index (χ3n) is 2.56. The van der Waals surface area contributed by atoms with E-state index >= 15 is 0 Å². The third kappa shape index (κ3) is 2.41. The summed E-state index contributed by atoms with van der Waals surface area (Å²) in [5.41, 5.74) is 3.43. The molecule has 0 fully saturated rings. The van der Waals surface area contributed by atoms with Gasteiger partial charge in [-0.2, -0.15) is 5.26 Å². The van der Waals surface area contributed by atoms with E-state index in [2.05, 4.69) is 26.0 Å². The van der Waals surface area contributed by atoms with Crippen LogP contribution in [0.5, 0.6) is 0 Å². The van der Waals surface area contributed by atoms with Crippen molar-refractivity contribution in [2.24, 2.45) is 0 Å². The number of hydrogen-bond acceptors (Lipinski definition) is 5. The van der Waals surface area contributed by atoms with Gasteiger partial charge in [0.05, 0.1) is 23.4 Å². The summed E-state index contributed by atoms with van der Waals surface area (Å²) in [6, 6.07) is 8.00. The molecular weight excluding hydrogens is 258 g/mol. The Bertz CT molecular complexity index is 770. The van der Waals surface area contributed by atoms with Crippen molar-refractivity contribution in [3.8, 4) is 6.07 Å². The lowest BCUT2D eigenvalue weighted by molar-refractivity contribution is 1.01. The molecule has 0 saturated heterocycles. The molecule has 0 amide bonds. The molecule has 0 spiro atoms. The molecule has 5 nitrogen and oxygen atoms in total. The van der Waals surface area contributed by atoms with Crippen LogP contribution in [0.25, 0.3) is 11.0 Å². The van der Waals surface area contributed by atoms with Crippen molar-refractivity contribution >= 4 is 22.8 Å². The molecular formula is C13H9N5S. The van der Waals surface area contributed by atoms with Crippen molar-refractivity contribution in [2.75, 3.05) is 0 Å². The maximum absolute atomic E-state index is 8.66. The molecule has 0 unspecified atom stereocenters. The number of H-pyrrole nitrogens is 1. The SMILES string of the molecule is Cc1ccc2nc(Sc3cnc(C#N)cn3)[nH]c2c1. The number of aromatic amines is 1. The average Bonchev–Trinajstić information content (AvgIpc) is 2.81. The normalized spacial score (nSPS) is 10.5. The Kier molecular flexibility index (Phi) is 2.89. The highest BCUT2D eigenvalue weighted by Gasteiger charge is 2.06. The molecule has 3 aromatic rings. The largest absolute Gasteiger partial charge is 0.333 e. The highest BCUT2D eigenvalue weighted by Crippen LogP contribution is 2.25. The van der Waals surface area contributed by atoms with Gasteiger partial charge in [0, 0.05) is 0 Å². The van der Waals surface area contributed by atoms with E-state index in [4.69, 9.17) is 5.26 Å². The van der Waals surface area contributed by atoms with Gasteiger partial charge >= 0.3 is 0 Å². The Balaban J connectivity index is 1.90. The number of imidazole rings is 1. The van der Waals surface area contributed by atoms with E-state index in [0.29, 0.717) is 10.7 Å². The molecule has 0 saturated carbocycles. The standard InChI is InChI=1S/C13H9N5S/c1-8-2-3-10-11(4-8)18-13(17-10)19-12-7-15-9(5-14)6-16-12/h2-4,6-7H,1H3,(H,17,18). The molecule has 19 heavy (non-hydrogen) atoms. The zero-order valence-corrected chi connectivity index (χ0v) is 10.9. The number of hydrogen-bond donors (Lipinski definition) is 1. The van der Waals surface area contributed by atoms with Crippen LogP contribution < -0.4 is 0 Å².